The van der Waals surface area contributed by atoms with E-state index in [1.807, 2.05) is 35.7 Å². The molecule has 2 aromatic rings. The van der Waals surface area contributed by atoms with Gasteiger partial charge in [0.15, 0.2) is 5.78 Å². The average molecular weight is 217 g/mol. The highest BCUT2D eigenvalue weighted by Crippen LogP contribution is 2.10. The lowest BCUT2D eigenvalue weighted by atomic mass is 10.1. The van der Waals surface area contributed by atoms with Crippen molar-refractivity contribution in [3.63, 3.8) is 0 Å². The molecule has 2 rings (SSSR count). The van der Waals surface area contributed by atoms with E-state index in [0.29, 0.717) is 6.42 Å². The van der Waals surface area contributed by atoms with Crippen molar-refractivity contribution in [2.75, 3.05) is 0 Å². The fraction of sp³-hybridized carbons (Fsp3) is 0.167. The second-order valence-corrected chi connectivity index (χ2v) is 4.19. The minimum Gasteiger partial charge on any atom is -0.294 e. The van der Waals surface area contributed by atoms with Crippen LogP contribution in [-0.2, 0) is 6.42 Å². The van der Waals surface area contributed by atoms with Crippen LogP contribution in [0.25, 0.3) is 0 Å². The minimum atomic E-state index is 0.186. The zero-order chi connectivity index (χ0) is 10.5. The molecule has 1 heterocycles. The molecule has 0 aliphatic heterocycles. The number of carbonyl (C=O) groups is 1. The molecule has 0 aliphatic rings. The van der Waals surface area contributed by atoms with Gasteiger partial charge in [0.1, 0.15) is 0 Å². The lowest BCUT2D eigenvalue weighted by Gasteiger charge is -1.98. The first-order valence-corrected chi connectivity index (χ1v) is 5.71. The summed E-state index contributed by atoms with van der Waals surface area (Å²) in [5.74, 6) is 0.186. The lowest BCUT2D eigenvalue weighted by molar-refractivity contribution is 0.0983. The maximum atomic E-state index is 11.7. The van der Waals surface area contributed by atoms with Crippen molar-refractivity contribution in [2.24, 2.45) is 0 Å². The highest BCUT2D eigenvalue weighted by molar-refractivity contribution is 7.09. The van der Waals surface area contributed by atoms with E-state index < -0.39 is 0 Å². The summed E-state index contributed by atoms with van der Waals surface area (Å²) in [6.45, 7) is 0. The molecular weight excluding hydrogens is 206 g/mol. The van der Waals surface area contributed by atoms with E-state index in [1.54, 1.807) is 17.5 Å². The van der Waals surface area contributed by atoms with Crippen LogP contribution in [0.2, 0.25) is 0 Å². The SMILES string of the molecule is O=C(CCc1nccs1)c1ccccc1. The zero-order valence-electron chi connectivity index (χ0n) is 8.22. The van der Waals surface area contributed by atoms with Crippen molar-refractivity contribution in [1.29, 1.82) is 0 Å². The van der Waals surface area contributed by atoms with Gasteiger partial charge in [-0.3, -0.25) is 4.79 Å². The van der Waals surface area contributed by atoms with Crippen LogP contribution < -0.4 is 0 Å². The Hall–Kier alpha value is -1.48. The molecule has 0 saturated carbocycles. The molecule has 0 fully saturated rings. The molecule has 0 spiro atoms. The highest BCUT2D eigenvalue weighted by Gasteiger charge is 2.05. The fourth-order valence-corrected chi connectivity index (χ4v) is 1.99. The van der Waals surface area contributed by atoms with Crippen molar-refractivity contribution in [3.05, 3.63) is 52.5 Å². The number of carbonyl (C=O) groups excluding carboxylic acids is 1. The number of aromatic nitrogens is 1. The first-order valence-electron chi connectivity index (χ1n) is 4.83. The Morgan fingerprint density at radius 3 is 2.73 bits per heavy atom. The zero-order valence-corrected chi connectivity index (χ0v) is 9.04. The number of ketones is 1. The molecule has 1 aromatic heterocycles. The van der Waals surface area contributed by atoms with Crippen LogP contribution in [0.15, 0.2) is 41.9 Å². The highest BCUT2D eigenvalue weighted by atomic mass is 32.1. The number of hydrogen-bond donors (Lipinski definition) is 0. The van der Waals surface area contributed by atoms with Gasteiger partial charge < -0.3 is 0 Å². The smallest absolute Gasteiger partial charge is 0.163 e. The Balaban J connectivity index is 1.94. The number of thiazole rings is 1. The fourth-order valence-electron chi connectivity index (χ4n) is 1.37. The summed E-state index contributed by atoms with van der Waals surface area (Å²) in [5, 5.41) is 2.96. The van der Waals surface area contributed by atoms with Gasteiger partial charge in [0.25, 0.3) is 0 Å². The molecule has 15 heavy (non-hydrogen) atoms. The normalized spacial score (nSPS) is 10.1. The van der Waals surface area contributed by atoms with Crippen LogP contribution in [0, 0.1) is 0 Å². The van der Waals surface area contributed by atoms with Gasteiger partial charge in [-0.05, 0) is 0 Å². The number of nitrogens with zero attached hydrogens (tertiary/aromatic N) is 1. The second kappa shape index (κ2) is 4.84. The Kier molecular flexibility index (Phi) is 3.25. The molecule has 0 bridgehead atoms. The molecule has 3 heteroatoms. The quantitative estimate of drug-likeness (QED) is 0.737. The summed E-state index contributed by atoms with van der Waals surface area (Å²) in [5.41, 5.74) is 0.786. The summed E-state index contributed by atoms with van der Waals surface area (Å²) in [6.07, 6.45) is 3.05. The molecule has 0 radical (unpaired) electrons. The van der Waals surface area contributed by atoms with Crippen molar-refractivity contribution >= 4 is 17.1 Å². The summed E-state index contributed by atoms with van der Waals surface area (Å²) >= 11 is 1.60. The topological polar surface area (TPSA) is 30.0 Å². The van der Waals surface area contributed by atoms with Gasteiger partial charge in [0.05, 0.1) is 5.01 Å². The van der Waals surface area contributed by atoms with Crippen LogP contribution in [0.5, 0.6) is 0 Å². The van der Waals surface area contributed by atoms with Gasteiger partial charge in [-0.15, -0.1) is 11.3 Å². The van der Waals surface area contributed by atoms with E-state index >= 15 is 0 Å². The van der Waals surface area contributed by atoms with Crippen LogP contribution in [0.4, 0.5) is 0 Å². The summed E-state index contributed by atoms with van der Waals surface area (Å²) in [4.78, 5) is 15.9. The van der Waals surface area contributed by atoms with E-state index in [1.165, 1.54) is 0 Å². The van der Waals surface area contributed by atoms with Crippen molar-refractivity contribution < 1.29 is 4.79 Å². The Bertz CT molecular complexity index is 422. The van der Waals surface area contributed by atoms with E-state index in [9.17, 15) is 4.79 Å². The summed E-state index contributed by atoms with van der Waals surface area (Å²) < 4.78 is 0. The minimum absolute atomic E-state index is 0.186. The number of hydrogen-bond acceptors (Lipinski definition) is 3. The predicted octanol–water partition coefficient (Wildman–Crippen LogP) is 2.96. The van der Waals surface area contributed by atoms with Gasteiger partial charge in [0.2, 0.25) is 0 Å². The van der Waals surface area contributed by atoms with Gasteiger partial charge in [-0.2, -0.15) is 0 Å². The third-order valence-electron chi connectivity index (χ3n) is 2.15. The predicted molar refractivity (Wildman–Crippen MR) is 61.2 cm³/mol. The lowest BCUT2D eigenvalue weighted by Crippen LogP contribution is -2.00. The Morgan fingerprint density at radius 1 is 1.27 bits per heavy atom. The van der Waals surface area contributed by atoms with Crippen LogP contribution >= 0.6 is 11.3 Å². The average Bonchev–Trinajstić information content (AvgIpc) is 2.80. The van der Waals surface area contributed by atoms with E-state index in [-0.39, 0.29) is 5.78 Å². The maximum Gasteiger partial charge on any atom is 0.163 e. The van der Waals surface area contributed by atoms with Crippen molar-refractivity contribution in [3.8, 4) is 0 Å². The third kappa shape index (κ3) is 2.73. The molecule has 0 saturated heterocycles. The largest absolute Gasteiger partial charge is 0.294 e. The van der Waals surface area contributed by atoms with Crippen molar-refractivity contribution in [2.45, 2.75) is 12.8 Å². The number of rotatable bonds is 4. The molecular formula is C12H11NOS. The Morgan fingerprint density at radius 2 is 2.07 bits per heavy atom. The monoisotopic (exact) mass is 217 g/mol. The molecule has 76 valence electrons. The van der Waals surface area contributed by atoms with E-state index in [2.05, 4.69) is 4.98 Å². The molecule has 2 nitrogen and oxygen atoms in total. The molecule has 0 aliphatic carbocycles. The van der Waals surface area contributed by atoms with Gasteiger partial charge in [0, 0.05) is 30.0 Å². The number of Topliss-reactive ketones (excluding diaryl/α,β-unsaturated/α-hetero) is 1. The Labute approximate surface area is 92.6 Å². The van der Waals surface area contributed by atoms with Gasteiger partial charge >= 0.3 is 0 Å². The first kappa shape index (κ1) is 10.1. The molecule has 0 amide bonds. The van der Waals surface area contributed by atoms with Crippen LogP contribution in [0.3, 0.4) is 0 Å². The number of aryl methyl sites for hydroxylation is 1. The van der Waals surface area contributed by atoms with E-state index in [4.69, 9.17) is 0 Å². The molecule has 0 atom stereocenters. The van der Waals surface area contributed by atoms with Gasteiger partial charge in [-0.1, -0.05) is 30.3 Å². The van der Waals surface area contributed by atoms with Gasteiger partial charge in [-0.25, -0.2) is 4.98 Å². The summed E-state index contributed by atoms with van der Waals surface area (Å²) in [7, 11) is 0. The molecule has 0 N–H and O–H groups in total. The maximum absolute atomic E-state index is 11.7. The van der Waals surface area contributed by atoms with Crippen LogP contribution in [-0.4, -0.2) is 10.8 Å². The molecule has 0 unspecified atom stereocenters. The molecule has 1 aromatic carbocycles. The summed E-state index contributed by atoms with van der Waals surface area (Å²) in [6, 6.07) is 9.39. The third-order valence-corrected chi connectivity index (χ3v) is 2.98. The number of benzene rings is 1. The van der Waals surface area contributed by atoms with E-state index in [0.717, 1.165) is 17.0 Å². The van der Waals surface area contributed by atoms with Crippen molar-refractivity contribution in [1.82, 2.24) is 4.98 Å². The second-order valence-electron chi connectivity index (χ2n) is 3.22. The standard InChI is InChI=1S/C12H11NOS/c14-11(10-4-2-1-3-5-10)6-7-12-13-8-9-15-12/h1-5,8-9H,6-7H2. The van der Waals surface area contributed by atoms with Crippen LogP contribution in [0.1, 0.15) is 21.8 Å². The first-order chi connectivity index (χ1) is 7.36.